The second-order valence-corrected chi connectivity index (χ2v) is 4.87. The van der Waals surface area contributed by atoms with Crippen molar-refractivity contribution in [2.45, 2.75) is 6.04 Å². The van der Waals surface area contributed by atoms with Crippen LogP contribution in [0.5, 0.6) is 0 Å². The summed E-state index contributed by atoms with van der Waals surface area (Å²) in [7, 11) is 5.51. The van der Waals surface area contributed by atoms with Gasteiger partial charge in [0.1, 0.15) is 0 Å². The molecule has 0 aliphatic rings. The van der Waals surface area contributed by atoms with E-state index in [9.17, 15) is 4.79 Å². The second kappa shape index (κ2) is 7.38. The Morgan fingerprint density at radius 1 is 1.50 bits per heavy atom. The van der Waals surface area contributed by atoms with Gasteiger partial charge in [-0.25, -0.2) is 0 Å². The van der Waals surface area contributed by atoms with Crippen molar-refractivity contribution in [3.05, 3.63) is 29.8 Å². The van der Waals surface area contributed by atoms with Gasteiger partial charge in [-0.15, -0.1) is 0 Å². The average Bonchev–Trinajstić information content (AvgIpc) is 2.38. The van der Waals surface area contributed by atoms with Crippen LogP contribution in [0.25, 0.3) is 0 Å². The van der Waals surface area contributed by atoms with Crippen LogP contribution in [0, 0.1) is 0 Å². The minimum absolute atomic E-state index is 0.0227. The first-order valence-corrected chi connectivity index (χ1v) is 6.83. The molecule has 1 atom stereocenters. The van der Waals surface area contributed by atoms with Gasteiger partial charge in [0, 0.05) is 37.8 Å². The highest BCUT2D eigenvalue weighted by Gasteiger charge is 2.13. The number of nitrogens with zero attached hydrogens (tertiary/aromatic N) is 1. The van der Waals surface area contributed by atoms with Crippen LogP contribution in [0.2, 0.25) is 0 Å². The molecule has 0 saturated carbocycles. The smallest absolute Gasteiger partial charge is 0.251 e. The van der Waals surface area contributed by atoms with Gasteiger partial charge in [-0.2, -0.15) is 0 Å². The third kappa shape index (κ3) is 4.31. The van der Waals surface area contributed by atoms with Gasteiger partial charge in [-0.3, -0.25) is 4.79 Å². The molecule has 0 fully saturated rings. The number of hydrogen-bond acceptors (Lipinski definition) is 3. The van der Waals surface area contributed by atoms with Crippen molar-refractivity contribution < 1.29 is 9.53 Å². The summed E-state index contributed by atoms with van der Waals surface area (Å²) in [6.45, 7) is 0.490. The summed E-state index contributed by atoms with van der Waals surface area (Å²) >= 11 is 3.35. The fourth-order valence-electron chi connectivity index (χ4n) is 1.52. The van der Waals surface area contributed by atoms with Crippen molar-refractivity contribution in [3.63, 3.8) is 0 Å². The van der Waals surface area contributed by atoms with Gasteiger partial charge in [-0.05, 0) is 18.2 Å². The zero-order chi connectivity index (χ0) is 13.5. The number of benzene rings is 1. The molecule has 0 saturated heterocycles. The highest BCUT2D eigenvalue weighted by molar-refractivity contribution is 9.09. The van der Waals surface area contributed by atoms with E-state index in [1.807, 2.05) is 37.2 Å². The van der Waals surface area contributed by atoms with Crippen LogP contribution in [-0.2, 0) is 4.74 Å². The molecule has 1 aromatic carbocycles. The number of methoxy groups -OCH3 is 1. The Bertz CT molecular complexity index is 396. The van der Waals surface area contributed by atoms with Crippen LogP contribution in [0.15, 0.2) is 24.3 Å². The number of halogens is 1. The fraction of sp³-hybridized carbons (Fsp3) is 0.462. The summed E-state index contributed by atoms with van der Waals surface area (Å²) in [5.74, 6) is -0.0831. The summed E-state index contributed by atoms with van der Waals surface area (Å²) in [4.78, 5) is 14.0. The number of hydrogen-bond donors (Lipinski definition) is 1. The molecular formula is C13H19BrN2O2. The minimum Gasteiger partial charge on any atom is -0.383 e. The second-order valence-electron chi connectivity index (χ2n) is 4.22. The van der Waals surface area contributed by atoms with Crippen molar-refractivity contribution in [1.29, 1.82) is 0 Å². The SMILES string of the molecule is COCC(CBr)NC(=O)c1cccc(N(C)C)c1. The highest BCUT2D eigenvalue weighted by Crippen LogP contribution is 2.13. The van der Waals surface area contributed by atoms with Crippen molar-refractivity contribution in [3.8, 4) is 0 Å². The highest BCUT2D eigenvalue weighted by atomic mass is 79.9. The molecule has 1 N–H and O–H groups in total. The number of alkyl halides is 1. The number of ether oxygens (including phenoxy) is 1. The van der Waals surface area contributed by atoms with Gasteiger partial charge < -0.3 is 15.0 Å². The molecule has 4 nitrogen and oxygen atoms in total. The fourth-order valence-corrected chi connectivity index (χ4v) is 1.87. The van der Waals surface area contributed by atoms with Crippen molar-refractivity contribution in [2.75, 3.05) is 38.0 Å². The molecule has 0 bridgehead atoms. The molecule has 0 aliphatic heterocycles. The molecule has 0 radical (unpaired) electrons. The topological polar surface area (TPSA) is 41.6 Å². The lowest BCUT2D eigenvalue weighted by molar-refractivity contribution is 0.0908. The Morgan fingerprint density at radius 2 is 2.22 bits per heavy atom. The molecule has 5 heteroatoms. The molecule has 0 aliphatic carbocycles. The number of carbonyl (C=O) groups is 1. The molecule has 1 aromatic rings. The maximum atomic E-state index is 12.1. The molecule has 0 aromatic heterocycles. The number of anilines is 1. The van der Waals surface area contributed by atoms with Gasteiger partial charge >= 0.3 is 0 Å². The summed E-state index contributed by atoms with van der Waals surface area (Å²) in [6, 6.07) is 7.50. The van der Waals surface area contributed by atoms with E-state index in [0.29, 0.717) is 17.5 Å². The number of amides is 1. The van der Waals surface area contributed by atoms with E-state index in [1.54, 1.807) is 13.2 Å². The lowest BCUT2D eigenvalue weighted by atomic mass is 10.1. The van der Waals surface area contributed by atoms with Crippen molar-refractivity contribution in [1.82, 2.24) is 5.32 Å². The first-order valence-electron chi connectivity index (χ1n) is 5.71. The van der Waals surface area contributed by atoms with E-state index >= 15 is 0 Å². The molecule has 0 spiro atoms. The Morgan fingerprint density at radius 3 is 2.78 bits per heavy atom. The van der Waals surface area contributed by atoms with Gasteiger partial charge in [-0.1, -0.05) is 22.0 Å². The maximum Gasteiger partial charge on any atom is 0.251 e. The van der Waals surface area contributed by atoms with Crippen LogP contribution in [0.1, 0.15) is 10.4 Å². The van der Waals surface area contributed by atoms with Crippen LogP contribution in [-0.4, -0.2) is 45.1 Å². The molecule has 18 heavy (non-hydrogen) atoms. The number of rotatable bonds is 6. The van der Waals surface area contributed by atoms with Gasteiger partial charge in [0.25, 0.3) is 5.91 Å². The van der Waals surface area contributed by atoms with E-state index in [-0.39, 0.29) is 11.9 Å². The predicted molar refractivity (Wildman–Crippen MR) is 77.7 cm³/mol. The first kappa shape index (κ1) is 15.0. The predicted octanol–water partition coefficient (Wildman–Crippen LogP) is 1.89. The Labute approximate surface area is 116 Å². The quantitative estimate of drug-likeness (QED) is 0.815. The first-order chi connectivity index (χ1) is 8.58. The maximum absolute atomic E-state index is 12.1. The van der Waals surface area contributed by atoms with Crippen molar-refractivity contribution in [2.24, 2.45) is 0 Å². The molecule has 0 heterocycles. The van der Waals surface area contributed by atoms with E-state index in [1.165, 1.54) is 0 Å². The molecule has 100 valence electrons. The van der Waals surface area contributed by atoms with Crippen LogP contribution in [0.4, 0.5) is 5.69 Å². The Kier molecular flexibility index (Phi) is 6.15. The standard InChI is InChI=1S/C13H19BrN2O2/c1-16(2)12-6-4-5-10(7-12)13(17)15-11(8-14)9-18-3/h4-7,11H,8-9H2,1-3H3,(H,15,17). The summed E-state index contributed by atoms with van der Waals surface area (Å²) in [6.07, 6.45) is 0. The van der Waals surface area contributed by atoms with Gasteiger partial charge in [0.15, 0.2) is 0 Å². The zero-order valence-electron chi connectivity index (χ0n) is 10.9. The van der Waals surface area contributed by atoms with Crippen LogP contribution >= 0.6 is 15.9 Å². The van der Waals surface area contributed by atoms with Gasteiger partial charge in [0.2, 0.25) is 0 Å². The minimum atomic E-state index is -0.0831. The number of carbonyl (C=O) groups excluding carboxylic acids is 1. The molecule has 1 amide bonds. The third-order valence-corrected chi connectivity index (χ3v) is 3.30. The van der Waals surface area contributed by atoms with Crippen LogP contribution < -0.4 is 10.2 Å². The van der Waals surface area contributed by atoms with E-state index in [0.717, 1.165) is 5.69 Å². The van der Waals surface area contributed by atoms with E-state index in [4.69, 9.17) is 4.74 Å². The summed E-state index contributed by atoms with van der Waals surface area (Å²) < 4.78 is 5.04. The van der Waals surface area contributed by atoms with E-state index < -0.39 is 0 Å². The van der Waals surface area contributed by atoms with E-state index in [2.05, 4.69) is 21.2 Å². The largest absolute Gasteiger partial charge is 0.383 e. The van der Waals surface area contributed by atoms with Gasteiger partial charge in [0.05, 0.1) is 12.6 Å². The normalized spacial score (nSPS) is 12.0. The van der Waals surface area contributed by atoms with Crippen LogP contribution in [0.3, 0.4) is 0 Å². The molecule has 1 rings (SSSR count). The molecular weight excluding hydrogens is 296 g/mol. The van der Waals surface area contributed by atoms with Crippen molar-refractivity contribution >= 4 is 27.5 Å². The average molecular weight is 315 g/mol. The molecule has 1 unspecified atom stereocenters. The third-order valence-electron chi connectivity index (χ3n) is 2.51. The lowest BCUT2D eigenvalue weighted by Crippen LogP contribution is -2.39. The lowest BCUT2D eigenvalue weighted by Gasteiger charge is -2.17. The summed E-state index contributed by atoms with van der Waals surface area (Å²) in [5.41, 5.74) is 1.66. The number of nitrogens with one attached hydrogen (secondary N) is 1. The summed E-state index contributed by atoms with van der Waals surface area (Å²) in [5, 5.41) is 3.59. The monoisotopic (exact) mass is 314 g/mol. The Hall–Kier alpha value is -1.07. The Balaban J connectivity index is 2.74. The zero-order valence-corrected chi connectivity index (χ0v) is 12.5.